The fourth-order valence-electron chi connectivity index (χ4n) is 2.93. The summed E-state index contributed by atoms with van der Waals surface area (Å²) in [5, 5.41) is 5.77. The molecule has 26 heavy (non-hydrogen) atoms. The fraction of sp³-hybridized carbons (Fsp3) is 0.353. The maximum Gasteiger partial charge on any atom is 0.255 e. The number of nitrogens with zero attached hydrogens (tertiary/aromatic N) is 1. The van der Waals surface area contributed by atoms with Crippen molar-refractivity contribution in [2.75, 3.05) is 23.4 Å². The molecule has 138 valence electrons. The van der Waals surface area contributed by atoms with Crippen LogP contribution in [0.15, 0.2) is 36.0 Å². The van der Waals surface area contributed by atoms with Gasteiger partial charge in [0.15, 0.2) is 9.84 Å². The molecular formula is C17H19N3O5S. The molecule has 1 atom stereocenters. The van der Waals surface area contributed by atoms with E-state index in [1.807, 2.05) is 0 Å². The third-order valence-electron chi connectivity index (χ3n) is 4.29. The number of imide groups is 1. The number of carbonyl (C=O) groups is 3. The highest BCUT2D eigenvalue weighted by Crippen LogP contribution is 2.17. The maximum atomic E-state index is 12.2. The molecule has 0 radical (unpaired) electrons. The van der Waals surface area contributed by atoms with Crippen molar-refractivity contribution in [1.82, 2.24) is 10.2 Å². The van der Waals surface area contributed by atoms with Crippen LogP contribution in [0.5, 0.6) is 0 Å². The Kier molecular flexibility index (Phi) is 4.82. The topological polar surface area (TPSA) is 113 Å². The first kappa shape index (κ1) is 18.1. The van der Waals surface area contributed by atoms with Crippen LogP contribution in [-0.4, -0.2) is 55.1 Å². The fourth-order valence-corrected chi connectivity index (χ4v) is 4.60. The standard InChI is InChI=1S/C17H19N3O5S/c1-11(21)20-9-15(8-16(20)22)18-13-4-2-12(3-5-13)17(23)19-14-6-7-26(24,25)10-14/h2-5,8,14,18H,6-7,9-10H2,1H3,(H,19,23)/t14-/m1/s1. The molecule has 2 heterocycles. The van der Waals surface area contributed by atoms with E-state index in [9.17, 15) is 22.8 Å². The van der Waals surface area contributed by atoms with E-state index >= 15 is 0 Å². The third-order valence-corrected chi connectivity index (χ3v) is 6.06. The summed E-state index contributed by atoms with van der Waals surface area (Å²) in [5.74, 6) is -0.915. The zero-order valence-corrected chi connectivity index (χ0v) is 15.0. The van der Waals surface area contributed by atoms with Crippen LogP contribution in [0, 0.1) is 0 Å². The maximum absolute atomic E-state index is 12.2. The zero-order valence-electron chi connectivity index (χ0n) is 14.2. The Morgan fingerprint density at radius 3 is 2.42 bits per heavy atom. The van der Waals surface area contributed by atoms with E-state index in [-0.39, 0.29) is 41.8 Å². The molecule has 0 unspecified atom stereocenters. The van der Waals surface area contributed by atoms with Crippen molar-refractivity contribution in [1.29, 1.82) is 0 Å². The summed E-state index contributed by atoms with van der Waals surface area (Å²) in [6.45, 7) is 1.52. The summed E-state index contributed by atoms with van der Waals surface area (Å²) >= 11 is 0. The molecule has 1 saturated heterocycles. The van der Waals surface area contributed by atoms with Crippen LogP contribution >= 0.6 is 0 Å². The lowest BCUT2D eigenvalue weighted by atomic mass is 10.1. The van der Waals surface area contributed by atoms with Gasteiger partial charge in [-0.2, -0.15) is 0 Å². The van der Waals surface area contributed by atoms with Gasteiger partial charge in [0.05, 0.1) is 18.1 Å². The molecule has 3 amide bonds. The number of benzene rings is 1. The molecule has 2 aliphatic heterocycles. The average molecular weight is 377 g/mol. The second kappa shape index (κ2) is 6.91. The monoisotopic (exact) mass is 377 g/mol. The summed E-state index contributed by atoms with van der Waals surface area (Å²) in [6.07, 6.45) is 1.80. The second-order valence-corrected chi connectivity index (χ2v) is 8.62. The first-order valence-electron chi connectivity index (χ1n) is 8.14. The van der Waals surface area contributed by atoms with E-state index in [1.54, 1.807) is 24.3 Å². The van der Waals surface area contributed by atoms with Crippen molar-refractivity contribution < 1.29 is 22.8 Å². The van der Waals surface area contributed by atoms with Gasteiger partial charge in [-0.05, 0) is 30.7 Å². The lowest BCUT2D eigenvalue weighted by molar-refractivity contribution is -0.138. The molecule has 0 aliphatic carbocycles. The first-order chi connectivity index (χ1) is 12.2. The minimum Gasteiger partial charge on any atom is -0.357 e. The number of anilines is 1. The number of rotatable bonds is 4. The van der Waals surface area contributed by atoms with Gasteiger partial charge in [-0.3, -0.25) is 19.3 Å². The van der Waals surface area contributed by atoms with Crippen molar-refractivity contribution in [2.24, 2.45) is 0 Å². The number of amides is 3. The average Bonchev–Trinajstić information content (AvgIpc) is 3.10. The van der Waals surface area contributed by atoms with Gasteiger partial charge in [0.25, 0.3) is 11.8 Å². The molecule has 1 aromatic carbocycles. The lowest BCUT2D eigenvalue weighted by Gasteiger charge is -2.13. The molecule has 2 N–H and O–H groups in total. The Bertz CT molecular complexity index is 889. The Morgan fingerprint density at radius 2 is 1.88 bits per heavy atom. The SMILES string of the molecule is CC(=O)N1CC(Nc2ccc(C(=O)N[C@@H]3CCS(=O)(=O)C3)cc2)=CC1=O. The van der Waals surface area contributed by atoms with Gasteiger partial charge in [-0.1, -0.05) is 0 Å². The van der Waals surface area contributed by atoms with Crippen LogP contribution < -0.4 is 10.6 Å². The quantitative estimate of drug-likeness (QED) is 0.780. The molecule has 0 saturated carbocycles. The van der Waals surface area contributed by atoms with Crippen LogP contribution in [0.25, 0.3) is 0 Å². The Balaban J connectivity index is 1.59. The Labute approximate surface area is 151 Å². The van der Waals surface area contributed by atoms with Crippen LogP contribution in [0.1, 0.15) is 23.7 Å². The van der Waals surface area contributed by atoms with Crippen LogP contribution in [0.4, 0.5) is 5.69 Å². The zero-order chi connectivity index (χ0) is 18.9. The smallest absolute Gasteiger partial charge is 0.255 e. The second-order valence-electron chi connectivity index (χ2n) is 6.39. The molecule has 1 fully saturated rings. The lowest BCUT2D eigenvalue weighted by Crippen LogP contribution is -2.35. The van der Waals surface area contributed by atoms with Crippen molar-refractivity contribution in [3.05, 3.63) is 41.6 Å². The molecular weight excluding hydrogens is 358 g/mol. The van der Waals surface area contributed by atoms with Gasteiger partial charge in [0, 0.05) is 36.0 Å². The summed E-state index contributed by atoms with van der Waals surface area (Å²) in [5.41, 5.74) is 1.69. The number of nitrogens with one attached hydrogen (secondary N) is 2. The molecule has 1 aromatic rings. The summed E-state index contributed by atoms with van der Waals surface area (Å²) in [7, 11) is -3.05. The van der Waals surface area contributed by atoms with Gasteiger partial charge < -0.3 is 10.6 Å². The third kappa shape index (κ3) is 4.10. The minimum absolute atomic E-state index is 0.0206. The van der Waals surface area contributed by atoms with Crippen molar-refractivity contribution >= 4 is 33.2 Å². The molecule has 8 nitrogen and oxygen atoms in total. The predicted molar refractivity (Wildman–Crippen MR) is 95.1 cm³/mol. The van der Waals surface area contributed by atoms with Crippen LogP contribution in [0.3, 0.4) is 0 Å². The number of carbonyl (C=O) groups excluding carboxylic acids is 3. The Morgan fingerprint density at radius 1 is 1.19 bits per heavy atom. The van der Waals surface area contributed by atoms with E-state index in [0.29, 0.717) is 23.4 Å². The molecule has 0 aromatic heterocycles. The summed E-state index contributed by atoms with van der Waals surface area (Å²) in [4.78, 5) is 36.3. The van der Waals surface area contributed by atoms with E-state index in [0.717, 1.165) is 4.90 Å². The van der Waals surface area contributed by atoms with Gasteiger partial charge in [-0.25, -0.2) is 8.42 Å². The Hall–Kier alpha value is -2.68. The number of hydrogen-bond acceptors (Lipinski definition) is 6. The molecule has 0 spiro atoms. The minimum atomic E-state index is -3.05. The normalized spacial score (nSPS) is 21.4. The van der Waals surface area contributed by atoms with Gasteiger partial charge in [0.1, 0.15) is 0 Å². The van der Waals surface area contributed by atoms with Crippen molar-refractivity contribution in [2.45, 2.75) is 19.4 Å². The van der Waals surface area contributed by atoms with Crippen LogP contribution in [0.2, 0.25) is 0 Å². The number of hydrogen-bond donors (Lipinski definition) is 2. The van der Waals surface area contributed by atoms with E-state index in [4.69, 9.17) is 0 Å². The predicted octanol–water partition coefficient (Wildman–Crippen LogP) is 0.288. The molecule has 0 bridgehead atoms. The van der Waals surface area contributed by atoms with Crippen LogP contribution in [-0.2, 0) is 19.4 Å². The van der Waals surface area contributed by atoms with E-state index in [1.165, 1.54) is 13.0 Å². The van der Waals surface area contributed by atoms with Gasteiger partial charge >= 0.3 is 0 Å². The van der Waals surface area contributed by atoms with Crippen molar-refractivity contribution in [3.63, 3.8) is 0 Å². The van der Waals surface area contributed by atoms with Gasteiger partial charge in [-0.15, -0.1) is 0 Å². The van der Waals surface area contributed by atoms with E-state index < -0.39 is 9.84 Å². The summed E-state index contributed by atoms with van der Waals surface area (Å²) in [6, 6.07) is 6.24. The first-order valence-corrected chi connectivity index (χ1v) is 9.97. The molecule has 9 heteroatoms. The summed E-state index contributed by atoms with van der Waals surface area (Å²) < 4.78 is 22.9. The number of sulfone groups is 1. The molecule has 3 rings (SSSR count). The highest BCUT2D eigenvalue weighted by molar-refractivity contribution is 7.91. The highest BCUT2D eigenvalue weighted by Gasteiger charge is 2.29. The van der Waals surface area contributed by atoms with E-state index in [2.05, 4.69) is 10.6 Å². The van der Waals surface area contributed by atoms with Crippen molar-refractivity contribution in [3.8, 4) is 0 Å². The highest BCUT2D eigenvalue weighted by atomic mass is 32.2. The largest absolute Gasteiger partial charge is 0.357 e. The van der Waals surface area contributed by atoms with Gasteiger partial charge in [0.2, 0.25) is 5.91 Å². The molecule has 2 aliphatic rings.